The lowest BCUT2D eigenvalue weighted by Crippen LogP contribution is -2.29. The Morgan fingerprint density at radius 3 is 1.40 bits per heavy atom. The molecule has 262 valence electrons. The lowest BCUT2D eigenvalue weighted by Gasteiger charge is -2.15. The molecule has 0 aliphatic rings. The van der Waals surface area contributed by atoms with Crippen molar-refractivity contribution in [3.05, 3.63) is 48.6 Å². The Bertz CT molecular complexity index is 737. The summed E-state index contributed by atoms with van der Waals surface area (Å²) in [5.41, 5.74) is 4.29. The molecule has 45 heavy (non-hydrogen) atoms. The summed E-state index contributed by atoms with van der Waals surface area (Å²) in [6.45, 7) is 5.37. The fourth-order valence-electron chi connectivity index (χ4n) is 5.29. The second-order valence-electron chi connectivity index (χ2n) is 13.2. The van der Waals surface area contributed by atoms with Crippen molar-refractivity contribution in [1.29, 1.82) is 0 Å². The highest BCUT2D eigenvalue weighted by atomic mass is 16.3. The molecule has 2 N–H and O–H groups in total. The minimum absolute atomic E-state index is 0.565. The molecule has 0 radical (unpaired) electrons. The Morgan fingerprint density at radius 2 is 0.956 bits per heavy atom. The van der Waals surface area contributed by atoms with E-state index in [4.69, 9.17) is 0 Å². The third kappa shape index (κ3) is 36.7. The van der Waals surface area contributed by atoms with Crippen molar-refractivity contribution in [3.63, 3.8) is 0 Å². The summed E-state index contributed by atoms with van der Waals surface area (Å²) in [5, 5.41) is 15.0. The number of hydrazone groups is 1. The van der Waals surface area contributed by atoms with Gasteiger partial charge in [-0.2, -0.15) is 5.10 Å². The number of aliphatic hydroxyl groups excluding tert-OH is 1. The number of unbranched alkanes of at least 4 members (excludes halogenated alkanes) is 17. The van der Waals surface area contributed by atoms with Gasteiger partial charge < -0.3 is 10.0 Å². The van der Waals surface area contributed by atoms with Crippen LogP contribution < -0.4 is 5.43 Å². The Hall–Kier alpha value is -1.65. The monoisotopic (exact) mass is 628 g/mol. The van der Waals surface area contributed by atoms with Crippen molar-refractivity contribution in [1.82, 2.24) is 10.3 Å². The zero-order valence-electron chi connectivity index (χ0n) is 30.6. The van der Waals surface area contributed by atoms with Crippen LogP contribution in [0.5, 0.6) is 0 Å². The van der Waals surface area contributed by atoms with E-state index in [0.717, 1.165) is 32.2 Å². The van der Waals surface area contributed by atoms with Gasteiger partial charge in [0.2, 0.25) is 0 Å². The molecular formula is C41H77N3O. The fourth-order valence-corrected chi connectivity index (χ4v) is 5.29. The molecule has 0 fully saturated rings. The number of aliphatic hydroxyl groups is 1. The van der Waals surface area contributed by atoms with Gasteiger partial charge in [-0.05, 0) is 97.6 Å². The predicted molar refractivity (Wildman–Crippen MR) is 203 cm³/mol. The average molecular weight is 628 g/mol. The Labute approximate surface area is 282 Å². The van der Waals surface area contributed by atoms with E-state index in [0.29, 0.717) is 6.42 Å². The first kappa shape index (κ1) is 43.4. The van der Waals surface area contributed by atoms with Gasteiger partial charge in [-0.15, -0.1) is 0 Å². The largest absolute Gasteiger partial charge is 0.372 e. The zero-order chi connectivity index (χ0) is 32.9. The molecule has 0 bridgehead atoms. The van der Waals surface area contributed by atoms with E-state index in [1.807, 2.05) is 14.1 Å². The molecule has 1 atom stereocenters. The van der Waals surface area contributed by atoms with E-state index in [1.54, 1.807) is 0 Å². The van der Waals surface area contributed by atoms with Crippen LogP contribution in [0.1, 0.15) is 181 Å². The first-order chi connectivity index (χ1) is 22.1. The SMILES string of the molecule is CCCC/C=C/C/C=C\CCCCCCCC/C(CCCCCCCC/C=C\C/C=C\CCCCC)=N\NC(O)CCN(C)C. The maximum atomic E-state index is 10.3. The van der Waals surface area contributed by atoms with E-state index in [2.05, 4.69) is 77.9 Å². The van der Waals surface area contributed by atoms with Crippen LogP contribution in [0.4, 0.5) is 0 Å². The highest BCUT2D eigenvalue weighted by Gasteiger charge is 2.05. The van der Waals surface area contributed by atoms with Gasteiger partial charge >= 0.3 is 0 Å². The zero-order valence-corrected chi connectivity index (χ0v) is 30.6. The molecule has 0 aromatic rings. The summed E-state index contributed by atoms with van der Waals surface area (Å²) in [6.07, 6.45) is 50.2. The molecule has 4 nitrogen and oxygen atoms in total. The molecule has 0 aliphatic heterocycles. The molecule has 0 amide bonds. The predicted octanol–water partition coefficient (Wildman–Crippen LogP) is 12.2. The highest BCUT2D eigenvalue weighted by molar-refractivity contribution is 5.84. The van der Waals surface area contributed by atoms with E-state index >= 15 is 0 Å². The second-order valence-corrected chi connectivity index (χ2v) is 13.2. The molecular weight excluding hydrogens is 550 g/mol. The van der Waals surface area contributed by atoms with Gasteiger partial charge in [-0.3, -0.25) is 5.43 Å². The summed E-state index contributed by atoms with van der Waals surface area (Å²) in [4.78, 5) is 2.10. The minimum atomic E-state index is -0.565. The summed E-state index contributed by atoms with van der Waals surface area (Å²) in [6, 6.07) is 0. The van der Waals surface area contributed by atoms with Gasteiger partial charge in [0.05, 0.1) is 0 Å². The summed E-state index contributed by atoms with van der Waals surface area (Å²) in [5.74, 6) is 0. The fraction of sp³-hybridized carbons (Fsp3) is 0.780. The van der Waals surface area contributed by atoms with Gasteiger partial charge in [-0.25, -0.2) is 0 Å². The van der Waals surface area contributed by atoms with Gasteiger partial charge in [0, 0.05) is 18.7 Å². The molecule has 0 aromatic carbocycles. The van der Waals surface area contributed by atoms with Crippen molar-refractivity contribution in [2.75, 3.05) is 20.6 Å². The topological polar surface area (TPSA) is 47.9 Å². The van der Waals surface area contributed by atoms with E-state index in [9.17, 15) is 5.11 Å². The lowest BCUT2D eigenvalue weighted by atomic mass is 10.0. The summed E-state index contributed by atoms with van der Waals surface area (Å²) >= 11 is 0. The Kier molecular flexibility index (Phi) is 35.5. The molecule has 1 unspecified atom stereocenters. The third-order valence-electron chi connectivity index (χ3n) is 8.30. The Morgan fingerprint density at radius 1 is 0.556 bits per heavy atom. The van der Waals surface area contributed by atoms with Crippen molar-refractivity contribution >= 4 is 5.71 Å². The summed E-state index contributed by atoms with van der Waals surface area (Å²) < 4.78 is 0. The second kappa shape index (κ2) is 36.8. The van der Waals surface area contributed by atoms with Gasteiger partial charge in [0.1, 0.15) is 6.23 Å². The smallest absolute Gasteiger partial charge is 0.140 e. The molecule has 0 heterocycles. The number of hydrogen-bond acceptors (Lipinski definition) is 4. The minimum Gasteiger partial charge on any atom is -0.372 e. The number of rotatable bonds is 34. The van der Waals surface area contributed by atoms with Gasteiger partial charge in [0.25, 0.3) is 0 Å². The summed E-state index contributed by atoms with van der Waals surface area (Å²) in [7, 11) is 4.08. The first-order valence-corrected chi connectivity index (χ1v) is 19.3. The number of hydrogen-bond donors (Lipinski definition) is 2. The van der Waals surface area contributed by atoms with E-state index in [1.165, 1.54) is 141 Å². The molecule has 0 aromatic heterocycles. The van der Waals surface area contributed by atoms with Crippen LogP contribution in [0.3, 0.4) is 0 Å². The van der Waals surface area contributed by atoms with Gasteiger partial charge in [0.15, 0.2) is 0 Å². The lowest BCUT2D eigenvalue weighted by molar-refractivity contribution is 0.119. The van der Waals surface area contributed by atoms with E-state index < -0.39 is 6.23 Å². The number of allylic oxidation sites excluding steroid dienone is 8. The standard InChI is InChI=1S/C41H77N3O/c1-5-7-9-11-13-15-17-19-21-23-25-27-29-31-33-35-37-40(42-43-41(45)38-39-44(3)4)36-34-32-30-28-26-24-22-20-18-16-14-12-10-8-6-2/h12-15,18-21,41,43,45H,5-11,16-17,22-39H2,1-4H3/b14-12+,15-13-,20-18-,21-19-,42-40+. The van der Waals surface area contributed by atoms with Crippen LogP contribution in [0.15, 0.2) is 53.7 Å². The van der Waals surface area contributed by atoms with Crippen LogP contribution in [-0.2, 0) is 0 Å². The average Bonchev–Trinajstić information content (AvgIpc) is 3.03. The van der Waals surface area contributed by atoms with Crippen LogP contribution in [0.2, 0.25) is 0 Å². The van der Waals surface area contributed by atoms with Crippen LogP contribution in [0, 0.1) is 0 Å². The van der Waals surface area contributed by atoms with Crippen LogP contribution >= 0.6 is 0 Å². The van der Waals surface area contributed by atoms with Crippen molar-refractivity contribution in [2.24, 2.45) is 5.10 Å². The number of nitrogens with zero attached hydrogens (tertiary/aromatic N) is 2. The maximum absolute atomic E-state index is 10.3. The molecule has 0 aliphatic carbocycles. The first-order valence-electron chi connectivity index (χ1n) is 19.3. The molecule has 0 spiro atoms. The van der Waals surface area contributed by atoms with Crippen LogP contribution in [0.25, 0.3) is 0 Å². The van der Waals surface area contributed by atoms with Crippen molar-refractivity contribution < 1.29 is 5.11 Å². The Balaban J connectivity index is 4.06. The maximum Gasteiger partial charge on any atom is 0.140 e. The van der Waals surface area contributed by atoms with Crippen LogP contribution in [-0.4, -0.2) is 42.6 Å². The quantitative estimate of drug-likeness (QED) is 0.0245. The van der Waals surface area contributed by atoms with Gasteiger partial charge in [-0.1, -0.05) is 140 Å². The van der Waals surface area contributed by atoms with Crippen molar-refractivity contribution in [3.8, 4) is 0 Å². The van der Waals surface area contributed by atoms with Crippen molar-refractivity contribution in [2.45, 2.75) is 187 Å². The normalized spacial score (nSPS) is 13.5. The molecule has 0 saturated carbocycles. The molecule has 0 saturated heterocycles. The highest BCUT2D eigenvalue weighted by Crippen LogP contribution is 2.14. The van der Waals surface area contributed by atoms with E-state index in [-0.39, 0.29) is 0 Å². The molecule has 4 heteroatoms. The number of nitrogens with one attached hydrogen (secondary N) is 1. The third-order valence-corrected chi connectivity index (χ3v) is 8.30. The molecule has 0 rings (SSSR count).